The lowest BCUT2D eigenvalue weighted by molar-refractivity contribution is -0.249. The van der Waals surface area contributed by atoms with Crippen LogP contribution in [-0.4, -0.2) is 37.4 Å². The number of hydrogen-bond acceptors (Lipinski definition) is 5. The minimum Gasteiger partial charge on any atom is -0.438 e. The molecule has 3 fully saturated rings. The van der Waals surface area contributed by atoms with Crippen LogP contribution in [-0.2, 0) is 23.7 Å². The van der Waals surface area contributed by atoms with E-state index in [0.29, 0.717) is 30.3 Å². The first-order valence-electron chi connectivity index (χ1n) is 8.78. The van der Waals surface area contributed by atoms with Gasteiger partial charge in [0.05, 0.1) is 18.1 Å². The summed E-state index contributed by atoms with van der Waals surface area (Å²) in [5, 5.41) is 0. The molecule has 4 rings (SSSR count). The van der Waals surface area contributed by atoms with E-state index in [0.717, 1.165) is 6.42 Å². The fourth-order valence-corrected chi connectivity index (χ4v) is 5.18. The molecule has 7 atom stereocenters. The third-order valence-corrected chi connectivity index (χ3v) is 6.01. The molecule has 1 saturated carbocycles. The Morgan fingerprint density at radius 1 is 1.17 bits per heavy atom. The van der Waals surface area contributed by atoms with E-state index in [9.17, 15) is 4.79 Å². The monoisotopic (exact) mass is 322 g/mol. The van der Waals surface area contributed by atoms with Gasteiger partial charge in [-0.3, -0.25) is 4.79 Å². The fourth-order valence-electron chi connectivity index (χ4n) is 5.18. The number of allylic oxidation sites excluding steroid dienone is 2. The summed E-state index contributed by atoms with van der Waals surface area (Å²) in [5.74, 6) is 1.37. The van der Waals surface area contributed by atoms with Crippen molar-refractivity contribution < 1.29 is 23.7 Å². The van der Waals surface area contributed by atoms with E-state index in [-0.39, 0.29) is 30.9 Å². The van der Waals surface area contributed by atoms with Crippen molar-refractivity contribution in [2.75, 3.05) is 13.4 Å². The minimum absolute atomic E-state index is 0.0392. The zero-order valence-corrected chi connectivity index (χ0v) is 14.1. The first-order valence-corrected chi connectivity index (χ1v) is 8.78. The second kappa shape index (κ2) is 5.57. The maximum Gasteiger partial charge on any atom is 0.313 e. The third kappa shape index (κ3) is 2.53. The van der Waals surface area contributed by atoms with Crippen molar-refractivity contribution in [1.29, 1.82) is 0 Å². The molecule has 5 heteroatoms. The minimum atomic E-state index is -0.735. The number of fused-ring (bicyclic) bond motifs is 9. The van der Waals surface area contributed by atoms with Crippen molar-refractivity contribution in [3.05, 3.63) is 12.2 Å². The Kier molecular flexibility index (Phi) is 3.78. The molecule has 0 spiro atoms. The van der Waals surface area contributed by atoms with Gasteiger partial charge in [0.1, 0.15) is 0 Å². The lowest BCUT2D eigenvalue weighted by Crippen LogP contribution is -2.40. The van der Waals surface area contributed by atoms with Crippen molar-refractivity contribution in [2.45, 2.75) is 51.6 Å². The van der Waals surface area contributed by atoms with E-state index >= 15 is 0 Å². The highest BCUT2D eigenvalue weighted by atomic mass is 16.8. The molecule has 0 aromatic carbocycles. The maximum absolute atomic E-state index is 12.4. The van der Waals surface area contributed by atoms with Gasteiger partial charge in [0.2, 0.25) is 0 Å². The predicted molar refractivity (Wildman–Crippen MR) is 82.2 cm³/mol. The molecule has 0 amide bonds. The average Bonchev–Trinajstić information content (AvgIpc) is 3.25. The topological polar surface area (TPSA) is 54.0 Å². The van der Waals surface area contributed by atoms with Gasteiger partial charge >= 0.3 is 5.97 Å². The molecule has 2 aliphatic carbocycles. The van der Waals surface area contributed by atoms with Crippen LogP contribution in [0, 0.1) is 29.6 Å². The average molecular weight is 322 g/mol. The maximum atomic E-state index is 12.4. The van der Waals surface area contributed by atoms with Gasteiger partial charge in [0.25, 0.3) is 0 Å². The smallest absolute Gasteiger partial charge is 0.313 e. The Hall–Kier alpha value is -0.910. The van der Waals surface area contributed by atoms with E-state index in [1.807, 2.05) is 20.8 Å². The molecule has 4 bridgehead atoms. The van der Waals surface area contributed by atoms with E-state index in [2.05, 4.69) is 12.2 Å². The summed E-state index contributed by atoms with van der Waals surface area (Å²) in [6, 6.07) is 0. The zero-order valence-electron chi connectivity index (χ0n) is 14.1. The largest absolute Gasteiger partial charge is 0.438 e. The van der Waals surface area contributed by atoms with Crippen LogP contribution in [0.2, 0.25) is 0 Å². The first kappa shape index (κ1) is 15.6. The van der Waals surface area contributed by atoms with Crippen LogP contribution in [0.5, 0.6) is 0 Å². The summed E-state index contributed by atoms with van der Waals surface area (Å²) in [6.07, 6.45) is 7.01. The molecule has 2 saturated heterocycles. The molecule has 128 valence electrons. The molecule has 2 aliphatic heterocycles. The molecule has 2 heterocycles. The number of rotatable bonds is 6. The molecular formula is C18H26O5. The van der Waals surface area contributed by atoms with Crippen LogP contribution in [0.4, 0.5) is 0 Å². The highest BCUT2D eigenvalue weighted by molar-refractivity contribution is 5.74. The Morgan fingerprint density at radius 2 is 1.91 bits per heavy atom. The number of hydrogen-bond donors (Lipinski definition) is 0. The molecule has 5 nitrogen and oxygen atoms in total. The van der Waals surface area contributed by atoms with Gasteiger partial charge in [-0.1, -0.05) is 12.2 Å². The SMILES string of the molecule is CCOC(C)(C)OCOC(=O)C1CC2OC1C1C3C=CC(C3)C21. The lowest BCUT2D eigenvalue weighted by Gasteiger charge is -2.32. The van der Waals surface area contributed by atoms with E-state index in [4.69, 9.17) is 18.9 Å². The lowest BCUT2D eigenvalue weighted by atomic mass is 9.69. The quantitative estimate of drug-likeness (QED) is 0.427. The highest BCUT2D eigenvalue weighted by Crippen LogP contribution is 2.61. The zero-order chi connectivity index (χ0) is 16.2. The van der Waals surface area contributed by atoms with E-state index < -0.39 is 5.79 Å². The van der Waals surface area contributed by atoms with Crippen molar-refractivity contribution >= 4 is 5.97 Å². The van der Waals surface area contributed by atoms with Crippen molar-refractivity contribution in [3.63, 3.8) is 0 Å². The molecule has 23 heavy (non-hydrogen) atoms. The molecule has 4 aliphatic rings. The molecule has 0 aromatic heterocycles. The summed E-state index contributed by atoms with van der Waals surface area (Å²) in [7, 11) is 0. The van der Waals surface area contributed by atoms with Crippen LogP contribution < -0.4 is 0 Å². The third-order valence-electron chi connectivity index (χ3n) is 6.01. The van der Waals surface area contributed by atoms with Crippen LogP contribution in [0.1, 0.15) is 33.6 Å². The summed E-state index contributed by atoms with van der Waals surface area (Å²) < 4.78 is 22.4. The van der Waals surface area contributed by atoms with E-state index in [1.54, 1.807) is 0 Å². The summed E-state index contributed by atoms with van der Waals surface area (Å²) in [5.41, 5.74) is 0. The standard InChI is InChI=1S/C18H26O5/c1-4-21-18(2,3)22-9-20-17(19)12-8-13-14-10-5-6-11(7-10)15(14)16(12)23-13/h5-6,10-16H,4,7-9H2,1-3H3. The summed E-state index contributed by atoms with van der Waals surface area (Å²) in [4.78, 5) is 12.4. The van der Waals surface area contributed by atoms with Gasteiger partial charge in [-0.2, -0.15) is 0 Å². The molecule has 0 aromatic rings. The number of carbonyl (C=O) groups is 1. The van der Waals surface area contributed by atoms with Gasteiger partial charge in [-0.25, -0.2) is 0 Å². The Balaban J connectivity index is 1.32. The second-order valence-electron chi connectivity index (χ2n) is 7.64. The second-order valence-corrected chi connectivity index (χ2v) is 7.64. The first-order chi connectivity index (χ1) is 11.0. The van der Waals surface area contributed by atoms with Crippen LogP contribution in [0.15, 0.2) is 12.2 Å². The molecule has 0 radical (unpaired) electrons. The van der Waals surface area contributed by atoms with Crippen molar-refractivity contribution in [2.24, 2.45) is 29.6 Å². The van der Waals surface area contributed by atoms with Crippen LogP contribution >= 0.6 is 0 Å². The number of esters is 1. The van der Waals surface area contributed by atoms with Gasteiger partial charge in [0.15, 0.2) is 12.6 Å². The predicted octanol–water partition coefficient (Wildman–Crippen LogP) is 2.50. The van der Waals surface area contributed by atoms with Crippen molar-refractivity contribution in [3.8, 4) is 0 Å². The molecule has 7 unspecified atom stereocenters. The summed E-state index contributed by atoms with van der Waals surface area (Å²) >= 11 is 0. The highest BCUT2D eigenvalue weighted by Gasteiger charge is 2.64. The van der Waals surface area contributed by atoms with Gasteiger partial charge in [-0.15, -0.1) is 0 Å². The summed E-state index contributed by atoms with van der Waals surface area (Å²) in [6.45, 7) is 6.03. The normalized spacial score (nSPS) is 43.2. The number of ether oxygens (including phenoxy) is 4. The Labute approximate surface area is 137 Å². The molecule has 0 N–H and O–H groups in total. The van der Waals surface area contributed by atoms with E-state index in [1.165, 1.54) is 6.42 Å². The van der Waals surface area contributed by atoms with Crippen LogP contribution in [0.25, 0.3) is 0 Å². The number of carbonyl (C=O) groups excluding carboxylic acids is 1. The van der Waals surface area contributed by atoms with Gasteiger partial charge in [0, 0.05) is 6.61 Å². The Bertz CT molecular complexity index is 514. The molecular weight excluding hydrogens is 296 g/mol. The van der Waals surface area contributed by atoms with Crippen molar-refractivity contribution in [1.82, 2.24) is 0 Å². The fraction of sp³-hybridized carbons (Fsp3) is 0.833. The van der Waals surface area contributed by atoms with Crippen LogP contribution in [0.3, 0.4) is 0 Å². The van der Waals surface area contributed by atoms with Gasteiger partial charge < -0.3 is 18.9 Å². The Morgan fingerprint density at radius 3 is 2.65 bits per heavy atom. The van der Waals surface area contributed by atoms with Gasteiger partial charge in [-0.05, 0) is 57.3 Å².